The van der Waals surface area contributed by atoms with Crippen molar-refractivity contribution in [1.82, 2.24) is 5.43 Å². The van der Waals surface area contributed by atoms with Gasteiger partial charge in [0, 0.05) is 23.2 Å². The lowest BCUT2D eigenvalue weighted by molar-refractivity contribution is -0.116. The third kappa shape index (κ3) is 5.67. The van der Waals surface area contributed by atoms with E-state index < -0.39 is 0 Å². The topological polar surface area (TPSA) is 70.6 Å². The van der Waals surface area contributed by atoms with Crippen molar-refractivity contribution < 1.29 is 9.59 Å². The maximum Gasteiger partial charge on any atom is 0.271 e. The fourth-order valence-electron chi connectivity index (χ4n) is 1.87. The van der Waals surface area contributed by atoms with E-state index in [4.69, 9.17) is 0 Å². The van der Waals surface area contributed by atoms with Gasteiger partial charge in [0.2, 0.25) is 5.91 Å². The van der Waals surface area contributed by atoms with Gasteiger partial charge in [-0.25, -0.2) is 5.43 Å². The number of carbonyl (C=O) groups excluding carboxylic acids is 2. The van der Waals surface area contributed by atoms with E-state index in [1.165, 1.54) is 0 Å². The van der Waals surface area contributed by atoms with Gasteiger partial charge in [0.05, 0.1) is 6.21 Å². The minimum absolute atomic E-state index is 0.0300. The average molecular weight is 329 g/mol. The first-order valence-corrected chi connectivity index (χ1v) is 8.24. The van der Waals surface area contributed by atoms with Crippen LogP contribution in [0.1, 0.15) is 36.2 Å². The number of nitrogens with zero attached hydrogens (tertiary/aromatic N) is 1. The molecule has 1 aromatic carbocycles. The van der Waals surface area contributed by atoms with E-state index in [0.29, 0.717) is 23.6 Å². The van der Waals surface area contributed by atoms with Crippen LogP contribution in [0.15, 0.2) is 46.2 Å². The van der Waals surface area contributed by atoms with E-state index in [0.717, 1.165) is 5.56 Å². The summed E-state index contributed by atoms with van der Waals surface area (Å²) in [4.78, 5) is 23.6. The third-order valence-electron chi connectivity index (χ3n) is 2.95. The average Bonchev–Trinajstić information content (AvgIpc) is 3.00. The maximum absolute atomic E-state index is 11.9. The number of benzene rings is 1. The summed E-state index contributed by atoms with van der Waals surface area (Å²) in [6.07, 6.45) is 2.06. The van der Waals surface area contributed by atoms with Crippen molar-refractivity contribution in [3.8, 4) is 0 Å². The number of hydrogen-bond donors (Lipinski definition) is 2. The lowest BCUT2D eigenvalue weighted by Crippen LogP contribution is -2.18. The minimum Gasteiger partial charge on any atom is -0.326 e. The fourth-order valence-corrected chi connectivity index (χ4v) is 2.48. The molecule has 5 nitrogen and oxygen atoms in total. The zero-order chi connectivity index (χ0) is 16.7. The largest absolute Gasteiger partial charge is 0.326 e. The molecule has 23 heavy (non-hydrogen) atoms. The molecule has 0 fully saturated rings. The molecule has 1 aromatic heterocycles. The summed E-state index contributed by atoms with van der Waals surface area (Å²) in [5.74, 6) is -0.0183. The summed E-state index contributed by atoms with van der Waals surface area (Å²) in [7, 11) is 0. The molecule has 0 aliphatic heterocycles. The van der Waals surface area contributed by atoms with Crippen LogP contribution < -0.4 is 10.7 Å². The molecule has 0 bridgehead atoms. The monoisotopic (exact) mass is 329 g/mol. The standard InChI is InChI=1S/C17H19N3O2S/c1-12(2)9-16(21)19-15-5-3-14(4-6-15)17(22)20-18-10-13-7-8-23-11-13/h3-8,10-12H,9H2,1-2H3,(H,19,21)(H,20,22). The molecule has 6 heteroatoms. The number of carbonyl (C=O) groups is 2. The lowest BCUT2D eigenvalue weighted by atomic mass is 10.1. The first kappa shape index (κ1) is 16.9. The van der Waals surface area contributed by atoms with E-state index in [-0.39, 0.29) is 11.8 Å². The molecular weight excluding hydrogens is 310 g/mol. The van der Waals surface area contributed by atoms with E-state index in [1.54, 1.807) is 41.8 Å². The van der Waals surface area contributed by atoms with Crippen LogP contribution in [0.4, 0.5) is 5.69 Å². The predicted octanol–water partition coefficient (Wildman–Crippen LogP) is 3.50. The van der Waals surface area contributed by atoms with Gasteiger partial charge in [-0.05, 0) is 47.0 Å². The molecule has 2 N–H and O–H groups in total. The van der Waals surface area contributed by atoms with Gasteiger partial charge in [0.1, 0.15) is 0 Å². The van der Waals surface area contributed by atoms with Crippen molar-refractivity contribution in [2.24, 2.45) is 11.0 Å². The third-order valence-corrected chi connectivity index (χ3v) is 3.65. The molecule has 0 saturated carbocycles. The summed E-state index contributed by atoms with van der Waals surface area (Å²) < 4.78 is 0. The number of hydrogen-bond acceptors (Lipinski definition) is 4. The Morgan fingerprint density at radius 3 is 2.57 bits per heavy atom. The van der Waals surface area contributed by atoms with Crippen molar-refractivity contribution >= 4 is 35.1 Å². The number of hydrazone groups is 1. The highest BCUT2D eigenvalue weighted by molar-refractivity contribution is 7.08. The Bertz CT molecular complexity index is 676. The molecule has 120 valence electrons. The lowest BCUT2D eigenvalue weighted by Gasteiger charge is -2.07. The summed E-state index contributed by atoms with van der Waals surface area (Å²) in [6, 6.07) is 8.63. The first-order valence-electron chi connectivity index (χ1n) is 7.30. The molecule has 2 rings (SSSR count). The van der Waals surface area contributed by atoms with E-state index in [2.05, 4.69) is 15.8 Å². The molecule has 0 aliphatic rings. The van der Waals surface area contributed by atoms with Crippen LogP contribution in [-0.4, -0.2) is 18.0 Å². The van der Waals surface area contributed by atoms with Crippen molar-refractivity contribution in [1.29, 1.82) is 0 Å². The zero-order valence-electron chi connectivity index (χ0n) is 13.1. The number of amides is 2. The van der Waals surface area contributed by atoms with Crippen LogP contribution in [0.3, 0.4) is 0 Å². The van der Waals surface area contributed by atoms with Crippen LogP contribution in [0.5, 0.6) is 0 Å². The second kappa shape index (κ2) is 8.24. The molecule has 0 saturated heterocycles. The van der Waals surface area contributed by atoms with Crippen LogP contribution in [0.25, 0.3) is 0 Å². The molecular formula is C17H19N3O2S. The van der Waals surface area contributed by atoms with Gasteiger partial charge in [-0.1, -0.05) is 13.8 Å². The van der Waals surface area contributed by atoms with Crippen molar-refractivity contribution in [3.63, 3.8) is 0 Å². The Kier molecular flexibility index (Phi) is 6.05. The summed E-state index contributed by atoms with van der Waals surface area (Å²) in [5, 5.41) is 10.6. The van der Waals surface area contributed by atoms with Crippen LogP contribution in [0, 0.1) is 5.92 Å². The van der Waals surface area contributed by atoms with E-state index >= 15 is 0 Å². The Hall–Kier alpha value is -2.47. The van der Waals surface area contributed by atoms with E-state index in [1.807, 2.05) is 30.7 Å². The number of thiophene rings is 1. The quantitative estimate of drug-likeness (QED) is 0.629. The van der Waals surface area contributed by atoms with Gasteiger partial charge in [-0.3, -0.25) is 9.59 Å². The Morgan fingerprint density at radius 1 is 1.22 bits per heavy atom. The highest BCUT2D eigenvalue weighted by Crippen LogP contribution is 2.11. The van der Waals surface area contributed by atoms with Gasteiger partial charge in [0.25, 0.3) is 5.91 Å². The Labute approximate surface area is 139 Å². The van der Waals surface area contributed by atoms with Crippen LogP contribution in [0.2, 0.25) is 0 Å². The summed E-state index contributed by atoms with van der Waals surface area (Å²) in [6.45, 7) is 3.98. The van der Waals surface area contributed by atoms with Crippen molar-refractivity contribution in [3.05, 3.63) is 52.2 Å². The Morgan fingerprint density at radius 2 is 1.96 bits per heavy atom. The molecule has 0 aliphatic carbocycles. The number of anilines is 1. The van der Waals surface area contributed by atoms with Gasteiger partial charge in [-0.15, -0.1) is 0 Å². The predicted molar refractivity (Wildman–Crippen MR) is 93.9 cm³/mol. The fraction of sp³-hybridized carbons (Fsp3) is 0.235. The smallest absolute Gasteiger partial charge is 0.271 e. The molecule has 0 radical (unpaired) electrons. The zero-order valence-corrected chi connectivity index (χ0v) is 13.9. The SMILES string of the molecule is CC(C)CC(=O)Nc1ccc(C(=O)NN=Cc2ccsc2)cc1. The van der Waals surface area contributed by atoms with E-state index in [9.17, 15) is 9.59 Å². The second-order valence-electron chi connectivity index (χ2n) is 5.48. The molecule has 0 atom stereocenters. The molecule has 0 unspecified atom stereocenters. The van der Waals surface area contributed by atoms with Gasteiger partial charge >= 0.3 is 0 Å². The van der Waals surface area contributed by atoms with Gasteiger partial charge in [0.15, 0.2) is 0 Å². The van der Waals surface area contributed by atoms with Crippen LogP contribution >= 0.6 is 11.3 Å². The normalized spacial score (nSPS) is 10.9. The van der Waals surface area contributed by atoms with Gasteiger partial charge in [-0.2, -0.15) is 16.4 Å². The summed E-state index contributed by atoms with van der Waals surface area (Å²) >= 11 is 1.57. The van der Waals surface area contributed by atoms with Crippen molar-refractivity contribution in [2.45, 2.75) is 20.3 Å². The highest BCUT2D eigenvalue weighted by atomic mass is 32.1. The molecule has 1 heterocycles. The number of rotatable bonds is 6. The number of nitrogens with one attached hydrogen (secondary N) is 2. The van der Waals surface area contributed by atoms with Crippen molar-refractivity contribution in [2.75, 3.05) is 5.32 Å². The molecule has 2 amide bonds. The molecule has 2 aromatic rings. The molecule has 0 spiro atoms. The second-order valence-corrected chi connectivity index (χ2v) is 6.26. The first-order chi connectivity index (χ1) is 11.0. The summed E-state index contributed by atoms with van der Waals surface area (Å²) in [5.41, 5.74) is 4.57. The van der Waals surface area contributed by atoms with Gasteiger partial charge < -0.3 is 5.32 Å². The minimum atomic E-state index is -0.295. The Balaban J connectivity index is 1.88. The van der Waals surface area contributed by atoms with Crippen LogP contribution in [-0.2, 0) is 4.79 Å². The maximum atomic E-state index is 11.9. The highest BCUT2D eigenvalue weighted by Gasteiger charge is 2.07.